The van der Waals surface area contributed by atoms with Crippen LogP contribution in [0.15, 0.2) is 47.1 Å². The summed E-state index contributed by atoms with van der Waals surface area (Å²) in [5.41, 5.74) is 1.65. The van der Waals surface area contributed by atoms with Crippen molar-refractivity contribution in [2.24, 2.45) is 18.0 Å². The van der Waals surface area contributed by atoms with Crippen LogP contribution >= 0.6 is 0 Å². The lowest BCUT2D eigenvalue weighted by molar-refractivity contribution is -0.116. The number of carbonyl (C=O) groups excluding carboxylic acids is 1. The molecule has 3 heterocycles. The van der Waals surface area contributed by atoms with Gasteiger partial charge in [-0.15, -0.1) is 0 Å². The number of ether oxygens (including phenoxy) is 1. The van der Waals surface area contributed by atoms with Crippen LogP contribution in [0.5, 0.6) is 0 Å². The molecule has 0 spiro atoms. The summed E-state index contributed by atoms with van der Waals surface area (Å²) in [5, 5.41) is 14.6. The van der Waals surface area contributed by atoms with Gasteiger partial charge in [0.1, 0.15) is 12.4 Å². The number of allylic oxidation sites excluding steroid dienone is 2. The number of aryl methyl sites for hydroxylation is 1. The molecule has 1 unspecified atom stereocenters. The number of anilines is 2. The summed E-state index contributed by atoms with van der Waals surface area (Å²) >= 11 is 0. The zero-order chi connectivity index (χ0) is 21.8. The quantitative estimate of drug-likeness (QED) is 0.730. The predicted molar refractivity (Wildman–Crippen MR) is 116 cm³/mol. The van der Waals surface area contributed by atoms with Crippen LogP contribution in [0.1, 0.15) is 38.8 Å². The van der Waals surface area contributed by atoms with Crippen LogP contribution in [0.4, 0.5) is 11.8 Å². The van der Waals surface area contributed by atoms with Gasteiger partial charge in [-0.05, 0) is 47.4 Å². The van der Waals surface area contributed by atoms with Gasteiger partial charge in [-0.2, -0.15) is 0 Å². The fraction of sp³-hybridized carbons (Fsp3) is 0.429. The van der Waals surface area contributed by atoms with Gasteiger partial charge in [0.15, 0.2) is 0 Å². The third-order valence-corrected chi connectivity index (χ3v) is 4.99. The maximum atomic E-state index is 12.1. The number of aromatic nitrogens is 5. The third kappa shape index (κ3) is 4.79. The zero-order valence-electron chi connectivity index (χ0n) is 17.9. The van der Waals surface area contributed by atoms with E-state index in [-0.39, 0.29) is 18.6 Å². The minimum absolute atomic E-state index is 0.0313. The van der Waals surface area contributed by atoms with Gasteiger partial charge in [0.2, 0.25) is 5.91 Å². The Morgan fingerprint density at radius 2 is 2.23 bits per heavy atom. The second-order valence-corrected chi connectivity index (χ2v) is 7.90. The molecule has 162 valence electrons. The van der Waals surface area contributed by atoms with Crippen LogP contribution in [0.3, 0.4) is 0 Å². The standard InChI is InChI=1S/C21H26N8O2/c1-14(2)11-12-19(30)24-18-10-6-7-15(22-18)13-31-21-23-16-8-4-5-9-17(16)29(21)20-25-26-27-28(20)3/h4-7,9-10,14,16H,8,11-13H2,1-3H3,(H,22,24,30). The molecule has 10 heteroatoms. The number of nitrogens with one attached hydrogen (secondary N) is 1. The van der Waals surface area contributed by atoms with E-state index in [1.54, 1.807) is 17.8 Å². The lowest BCUT2D eigenvalue weighted by atomic mass is 10.1. The number of nitrogens with zero attached hydrogens (tertiary/aromatic N) is 7. The van der Waals surface area contributed by atoms with Gasteiger partial charge < -0.3 is 10.1 Å². The molecule has 1 atom stereocenters. The van der Waals surface area contributed by atoms with E-state index in [1.807, 2.05) is 29.2 Å². The smallest absolute Gasteiger partial charge is 0.300 e. The fourth-order valence-electron chi connectivity index (χ4n) is 3.36. The van der Waals surface area contributed by atoms with Crippen LogP contribution in [0.25, 0.3) is 0 Å². The van der Waals surface area contributed by atoms with Crippen LogP contribution in [-0.2, 0) is 23.2 Å². The van der Waals surface area contributed by atoms with Crippen molar-refractivity contribution >= 4 is 23.7 Å². The predicted octanol–water partition coefficient (Wildman–Crippen LogP) is 2.58. The molecule has 0 aromatic carbocycles. The number of fused-ring (bicyclic) bond motifs is 1. The average Bonchev–Trinajstić information content (AvgIpc) is 3.33. The largest absolute Gasteiger partial charge is 0.458 e. The summed E-state index contributed by atoms with van der Waals surface area (Å²) in [7, 11) is 1.77. The average molecular weight is 422 g/mol. The van der Waals surface area contributed by atoms with Crippen LogP contribution < -0.4 is 10.2 Å². The highest BCUT2D eigenvalue weighted by Gasteiger charge is 2.36. The number of rotatable bonds is 7. The van der Waals surface area contributed by atoms with Gasteiger partial charge in [-0.3, -0.25) is 4.79 Å². The van der Waals surface area contributed by atoms with E-state index in [0.29, 0.717) is 35.8 Å². The Kier molecular flexibility index (Phi) is 6.06. The van der Waals surface area contributed by atoms with Gasteiger partial charge >= 0.3 is 0 Å². The van der Waals surface area contributed by atoms with Crippen LogP contribution in [0, 0.1) is 5.92 Å². The van der Waals surface area contributed by atoms with Crippen molar-refractivity contribution in [1.29, 1.82) is 0 Å². The molecule has 0 saturated heterocycles. The normalized spacial score (nSPS) is 17.4. The van der Waals surface area contributed by atoms with E-state index in [0.717, 1.165) is 18.5 Å². The zero-order valence-corrected chi connectivity index (χ0v) is 17.9. The molecular formula is C21H26N8O2. The van der Waals surface area contributed by atoms with Crippen molar-refractivity contribution in [3.63, 3.8) is 0 Å². The first-order valence-corrected chi connectivity index (χ1v) is 10.4. The lowest BCUT2D eigenvalue weighted by Gasteiger charge is -2.21. The Hall–Kier alpha value is -3.56. The molecule has 1 aliphatic carbocycles. The second-order valence-electron chi connectivity index (χ2n) is 7.90. The number of tetrazole rings is 1. The molecule has 4 rings (SSSR count). The molecule has 0 radical (unpaired) electrons. The first-order valence-electron chi connectivity index (χ1n) is 10.4. The number of hydrogen-bond donors (Lipinski definition) is 1. The van der Waals surface area contributed by atoms with E-state index in [4.69, 9.17) is 9.73 Å². The Morgan fingerprint density at radius 3 is 3.00 bits per heavy atom. The summed E-state index contributed by atoms with van der Waals surface area (Å²) in [6, 6.07) is 5.85. The molecule has 1 amide bonds. The van der Waals surface area contributed by atoms with E-state index < -0.39 is 0 Å². The first-order chi connectivity index (χ1) is 15.0. The van der Waals surface area contributed by atoms with Crippen molar-refractivity contribution in [3.05, 3.63) is 47.8 Å². The highest BCUT2D eigenvalue weighted by Crippen LogP contribution is 2.31. The number of amides is 1. The molecule has 2 aromatic heterocycles. The van der Waals surface area contributed by atoms with Crippen molar-refractivity contribution in [3.8, 4) is 0 Å². The number of hydrogen-bond acceptors (Lipinski definition) is 8. The fourth-order valence-corrected chi connectivity index (χ4v) is 3.36. The van der Waals surface area contributed by atoms with Crippen molar-refractivity contribution in [2.75, 3.05) is 10.2 Å². The number of amidine groups is 1. The molecule has 2 aliphatic rings. The Bertz CT molecular complexity index is 1040. The summed E-state index contributed by atoms with van der Waals surface area (Å²) in [6.07, 6.45) is 8.16. The van der Waals surface area contributed by atoms with Gasteiger partial charge in [0.05, 0.1) is 17.4 Å². The number of carbonyl (C=O) groups is 1. The maximum absolute atomic E-state index is 12.1. The Balaban J connectivity index is 1.45. The van der Waals surface area contributed by atoms with E-state index in [2.05, 4.69) is 45.7 Å². The van der Waals surface area contributed by atoms with Gasteiger partial charge in [-0.25, -0.2) is 19.6 Å². The third-order valence-electron chi connectivity index (χ3n) is 4.99. The van der Waals surface area contributed by atoms with Crippen molar-refractivity contribution in [2.45, 2.75) is 45.8 Å². The molecule has 0 fully saturated rings. The van der Waals surface area contributed by atoms with Crippen molar-refractivity contribution < 1.29 is 9.53 Å². The summed E-state index contributed by atoms with van der Waals surface area (Å²) in [6.45, 7) is 4.39. The monoisotopic (exact) mass is 422 g/mol. The van der Waals surface area contributed by atoms with Gasteiger partial charge in [-0.1, -0.05) is 37.2 Å². The molecule has 1 aliphatic heterocycles. The highest BCUT2D eigenvalue weighted by atomic mass is 16.5. The maximum Gasteiger partial charge on any atom is 0.300 e. The molecule has 2 aromatic rings. The molecule has 0 saturated carbocycles. The van der Waals surface area contributed by atoms with E-state index in [1.165, 1.54) is 0 Å². The molecule has 10 nitrogen and oxygen atoms in total. The van der Waals surface area contributed by atoms with Gasteiger partial charge in [0, 0.05) is 13.5 Å². The molecule has 1 N–H and O–H groups in total. The van der Waals surface area contributed by atoms with Crippen molar-refractivity contribution in [1.82, 2.24) is 25.2 Å². The van der Waals surface area contributed by atoms with Gasteiger partial charge in [0.25, 0.3) is 12.0 Å². The first kappa shape index (κ1) is 20.7. The second kappa shape index (κ2) is 9.07. The molecule has 31 heavy (non-hydrogen) atoms. The Labute approximate surface area is 180 Å². The minimum Gasteiger partial charge on any atom is -0.458 e. The van der Waals surface area contributed by atoms with E-state index >= 15 is 0 Å². The molecule has 0 bridgehead atoms. The topological polar surface area (TPSA) is 110 Å². The van der Waals surface area contributed by atoms with E-state index in [9.17, 15) is 4.79 Å². The molecular weight excluding hydrogens is 396 g/mol. The number of pyridine rings is 1. The summed E-state index contributed by atoms with van der Waals surface area (Å²) < 4.78 is 7.61. The Morgan fingerprint density at radius 1 is 1.35 bits per heavy atom. The van der Waals surface area contributed by atoms with Crippen LogP contribution in [0.2, 0.25) is 0 Å². The summed E-state index contributed by atoms with van der Waals surface area (Å²) in [5.74, 6) is 1.48. The minimum atomic E-state index is -0.0381. The lowest BCUT2D eigenvalue weighted by Crippen LogP contribution is -2.32. The summed E-state index contributed by atoms with van der Waals surface area (Å²) in [4.78, 5) is 23.1. The SMILES string of the molecule is CC(C)CCC(=O)Nc1cccc(COC2=NC3CC=CC=C3N2c2nnnn2C)n1. The number of aliphatic imine (C=N–C) groups is 1. The highest BCUT2D eigenvalue weighted by molar-refractivity contribution is 5.96. The van der Waals surface area contributed by atoms with Crippen LogP contribution in [-0.4, -0.2) is 43.2 Å².